The average Bonchev–Trinajstić information content (AvgIpc) is 2.55. The van der Waals surface area contributed by atoms with Crippen LogP contribution in [-0.4, -0.2) is 24.8 Å². The van der Waals surface area contributed by atoms with E-state index in [1.54, 1.807) is 19.2 Å². The Morgan fingerprint density at radius 1 is 1.09 bits per heavy atom. The number of carboxylic acids is 1. The smallest absolute Gasteiger partial charge is 0.311 e. The standard InChI is InChI=1S/C19H22O4/c1-13-7-6-10-17(14(13)2)23-12-11-16(19(20)21)15-8-4-5-9-18(15)22-3/h4-10,16H,11-12H2,1-3H3,(H,20,21). The minimum absolute atomic E-state index is 0.333. The molecule has 0 heterocycles. The van der Waals surface area contributed by atoms with Crippen molar-refractivity contribution in [2.24, 2.45) is 0 Å². The molecule has 1 N–H and O–H groups in total. The van der Waals surface area contributed by atoms with Gasteiger partial charge in [-0.25, -0.2) is 0 Å². The van der Waals surface area contributed by atoms with Crippen LogP contribution in [0.5, 0.6) is 11.5 Å². The maximum Gasteiger partial charge on any atom is 0.311 e. The second-order valence-electron chi connectivity index (χ2n) is 5.47. The number of benzene rings is 2. The zero-order chi connectivity index (χ0) is 16.8. The van der Waals surface area contributed by atoms with Gasteiger partial charge in [-0.2, -0.15) is 0 Å². The van der Waals surface area contributed by atoms with E-state index in [1.807, 2.05) is 44.2 Å². The molecule has 122 valence electrons. The molecule has 0 spiro atoms. The Labute approximate surface area is 136 Å². The van der Waals surface area contributed by atoms with Gasteiger partial charge in [0, 0.05) is 5.56 Å². The monoisotopic (exact) mass is 314 g/mol. The normalized spacial score (nSPS) is 11.8. The van der Waals surface area contributed by atoms with Crippen LogP contribution in [-0.2, 0) is 4.79 Å². The van der Waals surface area contributed by atoms with Gasteiger partial charge in [0.2, 0.25) is 0 Å². The maximum absolute atomic E-state index is 11.6. The molecule has 0 bridgehead atoms. The van der Waals surface area contributed by atoms with Gasteiger partial charge in [0.25, 0.3) is 0 Å². The van der Waals surface area contributed by atoms with Gasteiger partial charge in [-0.1, -0.05) is 30.3 Å². The van der Waals surface area contributed by atoms with Gasteiger partial charge >= 0.3 is 5.97 Å². The van der Waals surface area contributed by atoms with Crippen LogP contribution in [0.4, 0.5) is 0 Å². The quantitative estimate of drug-likeness (QED) is 0.840. The summed E-state index contributed by atoms with van der Waals surface area (Å²) in [5.41, 5.74) is 2.91. The summed E-state index contributed by atoms with van der Waals surface area (Å²) in [6.07, 6.45) is 0.378. The first-order valence-electron chi connectivity index (χ1n) is 7.59. The SMILES string of the molecule is COc1ccccc1C(CCOc1cccc(C)c1C)C(=O)O. The molecule has 2 aromatic rings. The fourth-order valence-corrected chi connectivity index (χ4v) is 2.53. The number of methoxy groups -OCH3 is 1. The summed E-state index contributed by atoms with van der Waals surface area (Å²) in [6, 6.07) is 13.1. The lowest BCUT2D eigenvalue weighted by Crippen LogP contribution is -2.16. The first-order chi connectivity index (χ1) is 11.0. The van der Waals surface area contributed by atoms with Crippen molar-refractivity contribution in [2.45, 2.75) is 26.2 Å². The highest BCUT2D eigenvalue weighted by molar-refractivity contribution is 5.77. The molecule has 2 aromatic carbocycles. The molecule has 0 aliphatic rings. The number of aryl methyl sites for hydroxylation is 1. The fraction of sp³-hybridized carbons (Fsp3) is 0.316. The molecule has 0 amide bonds. The Morgan fingerprint density at radius 3 is 2.48 bits per heavy atom. The van der Waals surface area contributed by atoms with Crippen LogP contribution in [0.3, 0.4) is 0 Å². The summed E-state index contributed by atoms with van der Waals surface area (Å²) < 4.78 is 11.1. The molecule has 0 radical (unpaired) electrons. The summed E-state index contributed by atoms with van der Waals surface area (Å²) in [5, 5.41) is 9.53. The molecule has 0 aromatic heterocycles. The molecular weight excluding hydrogens is 292 g/mol. The van der Waals surface area contributed by atoms with Gasteiger partial charge in [-0.05, 0) is 43.5 Å². The lowest BCUT2D eigenvalue weighted by molar-refractivity contribution is -0.139. The van der Waals surface area contributed by atoms with Gasteiger partial charge in [0.15, 0.2) is 0 Å². The van der Waals surface area contributed by atoms with E-state index in [1.165, 1.54) is 0 Å². The predicted octanol–water partition coefficient (Wildman–Crippen LogP) is 3.95. The lowest BCUT2D eigenvalue weighted by Gasteiger charge is -2.17. The van der Waals surface area contributed by atoms with Crippen LogP contribution >= 0.6 is 0 Å². The largest absolute Gasteiger partial charge is 0.496 e. The molecule has 0 aliphatic carbocycles. The van der Waals surface area contributed by atoms with E-state index in [2.05, 4.69) is 0 Å². The van der Waals surface area contributed by atoms with Crippen LogP contribution in [0.2, 0.25) is 0 Å². The van der Waals surface area contributed by atoms with Gasteiger partial charge in [0.1, 0.15) is 11.5 Å². The van der Waals surface area contributed by atoms with Crippen LogP contribution in [0.1, 0.15) is 29.0 Å². The number of ether oxygens (including phenoxy) is 2. The van der Waals surface area contributed by atoms with Crippen molar-refractivity contribution >= 4 is 5.97 Å². The van der Waals surface area contributed by atoms with Gasteiger partial charge in [-0.3, -0.25) is 4.79 Å². The Hall–Kier alpha value is -2.49. The number of carboxylic acid groups (broad SMARTS) is 1. The number of hydrogen-bond donors (Lipinski definition) is 1. The van der Waals surface area contributed by atoms with E-state index in [-0.39, 0.29) is 0 Å². The zero-order valence-corrected chi connectivity index (χ0v) is 13.7. The summed E-state index contributed by atoms with van der Waals surface area (Å²) in [4.78, 5) is 11.6. The second-order valence-corrected chi connectivity index (χ2v) is 5.47. The van der Waals surface area contributed by atoms with E-state index in [4.69, 9.17) is 9.47 Å². The molecule has 2 rings (SSSR count). The van der Waals surface area contributed by atoms with Crippen LogP contribution in [0.15, 0.2) is 42.5 Å². The fourth-order valence-electron chi connectivity index (χ4n) is 2.53. The number of rotatable bonds is 7. The predicted molar refractivity (Wildman–Crippen MR) is 89.4 cm³/mol. The highest BCUT2D eigenvalue weighted by Crippen LogP contribution is 2.29. The van der Waals surface area contributed by atoms with E-state index in [0.717, 1.165) is 16.9 Å². The third-order valence-electron chi connectivity index (χ3n) is 4.03. The van der Waals surface area contributed by atoms with E-state index < -0.39 is 11.9 Å². The molecule has 0 aliphatic heterocycles. The van der Waals surface area contributed by atoms with Crippen LogP contribution in [0.25, 0.3) is 0 Å². The number of aliphatic carboxylic acids is 1. The second kappa shape index (κ2) is 7.68. The molecule has 0 saturated carbocycles. The topological polar surface area (TPSA) is 55.8 Å². The van der Waals surface area contributed by atoms with Crippen molar-refractivity contribution in [3.05, 3.63) is 59.2 Å². The highest BCUT2D eigenvalue weighted by Gasteiger charge is 2.23. The van der Waals surface area contributed by atoms with Gasteiger partial charge in [-0.15, -0.1) is 0 Å². The summed E-state index contributed by atoms with van der Waals surface area (Å²) in [5.74, 6) is -0.142. The van der Waals surface area contributed by atoms with E-state index in [0.29, 0.717) is 24.3 Å². The molecule has 4 nitrogen and oxygen atoms in total. The van der Waals surface area contributed by atoms with Gasteiger partial charge < -0.3 is 14.6 Å². The first kappa shape index (κ1) is 16.9. The number of hydrogen-bond acceptors (Lipinski definition) is 3. The van der Waals surface area contributed by atoms with Crippen molar-refractivity contribution in [1.82, 2.24) is 0 Å². The van der Waals surface area contributed by atoms with Crippen molar-refractivity contribution < 1.29 is 19.4 Å². The number of carbonyl (C=O) groups is 1. The minimum atomic E-state index is -0.876. The molecule has 0 saturated heterocycles. The highest BCUT2D eigenvalue weighted by atomic mass is 16.5. The molecular formula is C19H22O4. The van der Waals surface area contributed by atoms with E-state index in [9.17, 15) is 9.90 Å². The lowest BCUT2D eigenvalue weighted by atomic mass is 9.95. The van der Waals surface area contributed by atoms with Gasteiger partial charge in [0.05, 0.1) is 19.6 Å². The minimum Gasteiger partial charge on any atom is -0.496 e. The zero-order valence-electron chi connectivity index (χ0n) is 13.7. The third kappa shape index (κ3) is 4.03. The average molecular weight is 314 g/mol. The molecule has 4 heteroatoms. The molecule has 23 heavy (non-hydrogen) atoms. The molecule has 1 unspecified atom stereocenters. The number of para-hydroxylation sites is 1. The Kier molecular flexibility index (Phi) is 5.63. The van der Waals surface area contributed by atoms with Crippen molar-refractivity contribution in [1.29, 1.82) is 0 Å². The van der Waals surface area contributed by atoms with E-state index >= 15 is 0 Å². The maximum atomic E-state index is 11.6. The summed E-state index contributed by atoms with van der Waals surface area (Å²) in [7, 11) is 1.55. The van der Waals surface area contributed by atoms with Crippen LogP contribution in [0, 0.1) is 13.8 Å². The Balaban J connectivity index is 2.09. The summed E-state index contributed by atoms with van der Waals surface area (Å²) in [6.45, 7) is 4.36. The van der Waals surface area contributed by atoms with Crippen LogP contribution < -0.4 is 9.47 Å². The molecule has 0 fully saturated rings. The van der Waals surface area contributed by atoms with Crippen molar-refractivity contribution in [2.75, 3.05) is 13.7 Å². The third-order valence-corrected chi connectivity index (χ3v) is 4.03. The Bertz CT molecular complexity index is 679. The Morgan fingerprint density at radius 2 is 1.78 bits per heavy atom. The van der Waals surface area contributed by atoms with Crippen molar-refractivity contribution in [3.8, 4) is 11.5 Å². The molecule has 1 atom stereocenters. The summed E-state index contributed by atoms with van der Waals surface area (Å²) >= 11 is 0. The van der Waals surface area contributed by atoms with Crippen molar-refractivity contribution in [3.63, 3.8) is 0 Å². The first-order valence-corrected chi connectivity index (χ1v) is 7.59.